The van der Waals surface area contributed by atoms with E-state index in [0.29, 0.717) is 24.3 Å². The number of phenolic OH excluding ortho intramolecular Hbond substituents is 2. The molecule has 2 aliphatic carbocycles. The molecule has 42 heavy (non-hydrogen) atoms. The lowest BCUT2D eigenvalue weighted by Crippen LogP contribution is -2.54. The number of rotatable bonds is 11. The van der Waals surface area contributed by atoms with Crippen LogP contribution in [-0.2, 0) is 35.4 Å². The number of amides is 2. The summed E-state index contributed by atoms with van der Waals surface area (Å²) in [5.74, 6) is -2.75. The largest absolute Gasteiger partial charge is 0.504 e. The summed E-state index contributed by atoms with van der Waals surface area (Å²) in [5.41, 5.74) is 0.267. The maximum Gasteiger partial charge on any atom is 0.329 e. The van der Waals surface area contributed by atoms with Crippen molar-refractivity contribution >= 4 is 27.6 Å². The maximum absolute atomic E-state index is 13.8. The number of aliphatic hydroxyl groups excluding tert-OH is 1. The first-order valence-corrected chi connectivity index (χ1v) is 16.6. The Morgan fingerprint density at radius 2 is 1.86 bits per heavy atom. The first kappa shape index (κ1) is 32.1. The number of benzene rings is 1. The normalized spacial score (nSPS) is 27.9. The fourth-order valence-electron chi connectivity index (χ4n) is 6.98. The molecule has 1 aromatic carbocycles. The van der Waals surface area contributed by atoms with Crippen LogP contribution in [-0.4, -0.2) is 88.8 Å². The number of nitrogens with one attached hydrogen (secondary N) is 1. The zero-order valence-electron chi connectivity index (χ0n) is 24.8. The molecule has 2 saturated carbocycles. The van der Waals surface area contributed by atoms with Crippen LogP contribution in [0.5, 0.6) is 11.5 Å². The van der Waals surface area contributed by atoms with E-state index in [9.17, 15) is 38.1 Å². The number of esters is 1. The minimum atomic E-state index is -3.48. The molecule has 6 atom stereocenters. The number of hydrogen-bond donors (Lipinski definition) is 4. The molecule has 234 valence electrons. The van der Waals surface area contributed by atoms with Gasteiger partial charge in [-0.25, -0.2) is 13.2 Å². The summed E-state index contributed by atoms with van der Waals surface area (Å²) in [5, 5.41) is 32.3. The van der Waals surface area contributed by atoms with E-state index in [-0.39, 0.29) is 53.6 Å². The van der Waals surface area contributed by atoms with Crippen LogP contribution in [0.3, 0.4) is 0 Å². The molecule has 0 spiro atoms. The van der Waals surface area contributed by atoms with E-state index in [1.807, 2.05) is 0 Å². The molecule has 4 rings (SSSR count). The number of ether oxygens (including phenoxy) is 1. The Labute approximate surface area is 247 Å². The van der Waals surface area contributed by atoms with Gasteiger partial charge < -0.3 is 30.3 Å². The molecule has 3 aliphatic rings. The Bertz CT molecular complexity index is 1310. The van der Waals surface area contributed by atoms with Gasteiger partial charge in [-0.05, 0) is 67.6 Å². The number of fused-ring (bicyclic) bond motifs is 2. The van der Waals surface area contributed by atoms with E-state index in [2.05, 4.69) is 26.1 Å². The number of carbonyl (C=O) groups excluding carboxylic acids is 3. The highest BCUT2D eigenvalue weighted by Crippen LogP contribution is 2.66. The number of hydrogen-bond acceptors (Lipinski definition) is 9. The van der Waals surface area contributed by atoms with Crippen molar-refractivity contribution in [2.24, 2.45) is 16.7 Å². The van der Waals surface area contributed by atoms with Crippen LogP contribution >= 0.6 is 0 Å². The molecule has 4 N–H and O–H groups in total. The third kappa shape index (κ3) is 6.24. The summed E-state index contributed by atoms with van der Waals surface area (Å²) in [7, 11) is -3.48. The van der Waals surface area contributed by atoms with Gasteiger partial charge >= 0.3 is 5.97 Å². The van der Waals surface area contributed by atoms with Gasteiger partial charge in [0.25, 0.3) is 0 Å². The van der Waals surface area contributed by atoms with E-state index in [1.54, 1.807) is 0 Å². The molecule has 11 nitrogen and oxygen atoms in total. The number of aromatic hydroxyl groups is 2. The van der Waals surface area contributed by atoms with Gasteiger partial charge in [0.05, 0.1) is 5.75 Å². The first-order valence-electron chi connectivity index (χ1n) is 14.8. The molecule has 6 unspecified atom stereocenters. The second-order valence-corrected chi connectivity index (χ2v) is 15.3. The van der Waals surface area contributed by atoms with Crippen molar-refractivity contribution in [3.8, 4) is 11.5 Å². The van der Waals surface area contributed by atoms with Crippen molar-refractivity contribution in [3.63, 3.8) is 0 Å². The van der Waals surface area contributed by atoms with Crippen molar-refractivity contribution in [2.45, 2.75) is 96.9 Å². The molecule has 0 radical (unpaired) electrons. The molecular formula is C30H44N2O9S. The zero-order valence-corrected chi connectivity index (χ0v) is 25.7. The molecule has 1 aromatic rings. The van der Waals surface area contributed by atoms with E-state index in [0.717, 1.165) is 19.3 Å². The van der Waals surface area contributed by atoms with E-state index in [4.69, 9.17) is 4.74 Å². The minimum Gasteiger partial charge on any atom is -0.504 e. The fourth-order valence-corrected chi connectivity index (χ4v) is 7.87. The molecule has 1 saturated heterocycles. The third-order valence-electron chi connectivity index (χ3n) is 10.3. The average molecular weight is 609 g/mol. The lowest BCUT2D eigenvalue weighted by Gasteiger charge is -2.39. The Morgan fingerprint density at radius 3 is 2.45 bits per heavy atom. The molecule has 1 heterocycles. The number of carbonyl (C=O) groups is 3. The number of nitrogens with zero attached hydrogens (tertiary/aromatic N) is 1. The topological polar surface area (TPSA) is 171 Å². The van der Waals surface area contributed by atoms with E-state index >= 15 is 0 Å². The molecular weight excluding hydrogens is 564 g/mol. The van der Waals surface area contributed by atoms with Crippen LogP contribution in [0.25, 0.3) is 0 Å². The van der Waals surface area contributed by atoms with E-state index in [1.165, 1.54) is 30.0 Å². The molecule has 2 bridgehead atoms. The van der Waals surface area contributed by atoms with Crippen LogP contribution in [0.1, 0.15) is 71.8 Å². The molecule has 12 heteroatoms. The highest BCUT2D eigenvalue weighted by molar-refractivity contribution is 7.91. The van der Waals surface area contributed by atoms with Gasteiger partial charge in [-0.3, -0.25) is 9.59 Å². The molecule has 1 aliphatic heterocycles. The smallest absolute Gasteiger partial charge is 0.329 e. The molecule has 2 amide bonds. The standard InChI is InChI=1S/C30H44N2O9S/c1-5-42(39,40)14-11-20(31-26(36)24(35)16-18-8-9-22(33)23(34)15-18)27(37)32-13-6-7-21(32)28(38)41-25-17-19-10-12-30(25,4)29(19,2)3/h8-9,15,19-21,24-25,33-35H,5-7,10-14,16-17H2,1-4H3,(H,31,36). The highest BCUT2D eigenvalue weighted by Gasteiger charge is 2.63. The van der Waals surface area contributed by atoms with Gasteiger partial charge in [-0.1, -0.05) is 33.8 Å². The predicted molar refractivity (Wildman–Crippen MR) is 154 cm³/mol. The third-order valence-corrected chi connectivity index (χ3v) is 12.1. The van der Waals surface area contributed by atoms with Crippen LogP contribution in [0, 0.1) is 16.7 Å². The Kier molecular flexibility index (Phi) is 9.18. The number of likely N-dealkylation sites (tertiary alicyclic amines) is 1. The fraction of sp³-hybridized carbons (Fsp3) is 0.700. The second-order valence-electron chi connectivity index (χ2n) is 12.9. The van der Waals surface area contributed by atoms with Crippen molar-refractivity contribution in [2.75, 3.05) is 18.1 Å². The summed E-state index contributed by atoms with van der Waals surface area (Å²) in [6.45, 7) is 8.36. The van der Waals surface area contributed by atoms with E-state index < -0.39 is 51.6 Å². The SMILES string of the molecule is CCS(=O)(=O)CCC(NC(=O)C(O)Cc1ccc(O)c(O)c1)C(=O)N1CCCC1C(=O)OC1CC2CCC1(C)C2(C)C. The Balaban J connectivity index is 1.46. The first-order chi connectivity index (χ1) is 19.6. The van der Waals surface area contributed by atoms with Crippen LogP contribution < -0.4 is 5.32 Å². The van der Waals surface area contributed by atoms with Crippen LogP contribution in [0.15, 0.2) is 18.2 Å². The molecule has 3 fully saturated rings. The van der Waals surface area contributed by atoms with Gasteiger partial charge in [-0.2, -0.15) is 0 Å². The number of sulfone groups is 1. The van der Waals surface area contributed by atoms with Crippen molar-refractivity contribution in [1.29, 1.82) is 0 Å². The highest BCUT2D eigenvalue weighted by atomic mass is 32.2. The molecule has 0 aromatic heterocycles. The van der Waals surface area contributed by atoms with Gasteiger partial charge in [-0.15, -0.1) is 0 Å². The Hall–Kier alpha value is -2.86. The van der Waals surface area contributed by atoms with Gasteiger partial charge in [0.15, 0.2) is 11.5 Å². The lowest BCUT2D eigenvalue weighted by atomic mass is 9.70. The van der Waals surface area contributed by atoms with Crippen LogP contribution in [0.2, 0.25) is 0 Å². The average Bonchev–Trinajstić information content (AvgIpc) is 3.56. The Morgan fingerprint density at radius 1 is 1.14 bits per heavy atom. The summed E-state index contributed by atoms with van der Waals surface area (Å²) in [6, 6.07) is 1.74. The number of aliphatic hydroxyl groups is 1. The summed E-state index contributed by atoms with van der Waals surface area (Å²) >= 11 is 0. The van der Waals surface area contributed by atoms with Crippen LogP contribution in [0.4, 0.5) is 0 Å². The van der Waals surface area contributed by atoms with Gasteiger partial charge in [0.1, 0.15) is 34.1 Å². The quantitative estimate of drug-likeness (QED) is 0.217. The minimum absolute atomic E-state index is 0.0446. The van der Waals surface area contributed by atoms with Crippen molar-refractivity contribution in [1.82, 2.24) is 10.2 Å². The maximum atomic E-state index is 13.8. The van der Waals surface area contributed by atoms with Crippen molar-refractivity contribution < 1.29 is 42.9 Å². The lowest BCUT2D eigenvalue weighted by molar-refractivity contribution is -0.165. The van der Waals surface area contributed by atoms with Crippen molar-refractivity contribution in [3.05, 3.63) is 23.8 Å². The summed E-state index contributed by atoms with van der Waals surface area (Å²) < 4.78 is 30.6. The number of phenols is 2. The zero-order chi connectivity index (χ0) is 31.0. The predicted octanol–water partition coefficient (Wildman–Crippen LogP) is 2.06. The van der Waals surface area contributed by atoms with Gasteiger partial charge in [0.2, 0.25) is 11.8 Å². The summed E-state index contributed by atoms with van der Waals surface area (Å²) in [4.78, 5) is 41.5. The van der Waals surface area contributed by atoms with Gasteiger partial charge in [0, 0.05) is 24.1 Å². The second kappa shape index (κ2) is 12.0. The summed E-state index contributed by atoms with van der Waals surface area (Å²) in [6.07, 6.45) is 1.54. The monoisotopic (exact) mass is 608 g/mol.